The van der Waals surface area contributed by atoms with Crippen molar-refractivity contribution in [2.75, 3.05) is 13.7 Å². The Morgan fingerprint density at radius 1 is 1.11 bits per heavy atom. The number of methoxy groups -OCH3 is 1. The van der Waals surface area contributed by atoms with Gasteiger partial charge >= 0.3 is 0 Å². The summed E-state index contributed by atoms with van der Waals surface area (Å²) in [6.07, 6.45) is 4.83. The van der Waals surface area contributed by atoms with Crippen molar-refractivity contribution in [3.63, 3.8) is 0 Å². The van der Waals surface area contributed by atoms with Gasteiger partial charge in [-0.25, -0.2) is 0 Å². The summed E-state index contributed by atoms with van der Waals surface area (Å²) in [6, 6.07) is 15.8. The predicted molar refractivity (Wildman–Crippen MR) is 113 cm³/mol. The Labute approximate surface area is 166 Å². The van der Waals surface area contributed by atoms with Crippen LogP contribution in [0, 0.1) is 11.8 Å². The number of nitrogens with zero attached hydrogens (tertiary/aromatic N) is 1. The van der Waals surface area contributed by atoms with Gasteiger partial charge in [0.1, 0.15) is 0 Å². The summed E-state index contributed by atoms with van der Waals surface area (Å²) < 4.78 is 11.7. The fourth-order valence-electron chi connectivity index (χ4n) is 3.31. The van der Waals surface area contributed by atoms with Crippen LogP contribution >= 0.6 is 0 Å². The summed E-state index contributed by atoms with van der Waals surface area (Å²) in [5.41, 5.74) is 13.0. The summed E-state index contributed by atoms with van der Waals surface area (Å²) in [6.45, 7) is 0.386. The zero-order valence-electron chi connectivity index (χ0n) is 16.2. The maximum atomic E-state index is 6.22. The van der Waals surface area contributed by atoms with E-state index in [1.807, 2.05) is 48.5 Å². The molecule has 1 aliphatic carbocycles. The van der Waals surface area contributed by atoms with Crippen LogP contribution in [0.1, 0.15) is 42.7 Å². The molecule has 1 fully saturated rings. The highest BCUT2D eigenvalue weighted by Gasteiger charge is 2.20. The van der Waals surface area contributed by atoms with E-state index < -0.39 is 0 Å². The quantitative estimate of drug-likeness (QED) is 0.459. The fraction of sp³-hybridized carbons (Fsp3) is 0.348. The fourth-order valence-corrected chi connectivity index (χ4v) is 3.31. The van der Waals surface area contributed by atoms with Gasteiger partial charge in [-0.1, -0.05) is 36.1 Å². The van der Waals surface area contributed by atoms with Gasteiger partial charge in [0.15, 0.2) is 17.5 Å². The molecule has 1 atom stereocenters. The molecule has 0 spiro atoms. The van der Waals surface area contributed by atoms with Gasteiger partial charge in [0.2, 0.25) is 0 Å². The summed E-state index contributed by atoms with van der Waals surface area (Å²) in [7, 11) is 1.66. The van der Waals surface area contributed by atoms with Crippen molar-refractivity contribution in [3.05, 3.63) is 59.7 Å². The van der Waals surface area contributed by atoms with E-state index in [0.717, 1.165) is 35.5 Å². The van der Waals surface area contributed by atoms with Crippen molar-refractivity contribution in [2.45, 2.75) is 37.7 Å². The topological polar surface area (TPSA) is 82.9 Å². The third-order valence-electron chi connectivity index (χ3n) is 4.81. The van der Waals surface area contributed by atoms with Crippen molar-refractivity contribution in [1.29, 1.82) is 0 Å². The normalized spacial score (nSPS) is 14.6. The molecule has 146 valence electrons. The third-order valence-corrected chi connectivity index (χ3v) is 4.81. The van der Waals surface area contributed by atoms with Crippen LogP contribution in [-0.4, -0.2) is 25.7 Å². The monoisotopic (exact) mass is 377 g/mol. The third kappa shape index (κ3) is 5.43. The first kappa shape index (κ1) is 19.6. The highest BCUT2D eigenvalue weighted by molar-refractivity contribution is 5.75. The van der Waals surface area contributed by atoms with Crippen molar-refractivity contribution in [3.8, 4) is 23.3 Å². The summed E-state index contributed by atoms with van der Waals surface area (Å²) in [4.78, 5) is 4.19. The van der Waals surface area contributed by atoms with Gasteiger partial charge in [-0.3, -0.25) is 4.99 Å². The molecular weight excluding hydrogens is 350 g/mol. The SMILES string of the molecule is COc1ccc(C(C#Cc2ccccc2)CN=C(N)N)cc1OC1CCCC1. The van der Waals surface area contributed by atoms with Crippen molar-refractivity contribution in [1.82, 2.24) is 0 Å². The second kappa shape index (κ2) is 9.70. The van der Waals surface area contributed by atoms with E-state index in [4.69, 9.17) is 20.9 Å². The molecule has 0 saturated heterocycles. The largest absolute Gasteiger partial charge is 0.493 e. The van der Waals surface area contributed by atoms with Crippen molar-refractivity contribution >= 4 is 5.96 Å². The molecule has 0 amide bonds. The van der Waals surface area contributed by atoms with E-state index in [1.54, 1.807) is 7.11 Å². The summed E-state index contributed by atoms with van der Waals surface area (Å²) in [5, 5.41) is 0. The molecule has 0 bridgehead atoms. The van der Waals surface area contributed by atoms with E-state index >= 15 is 0 Å². The molecule has 2 aromatic rings. The minimum absolute atomic E-state index is 0.0578. The first-order chi connectivity index (χ1) is 13.7. The Balaban J connectivity index is 1.89. The molecule has 0 aromatic heterocycles. The average Bonchev–Trinajstić information content (AvgIpc) is 3.22. The van der Waals surface area contributed by atoms with Gasteiger partial charge in [0.25, 0.3) is 0 Å². The van der Waals surface area contributed by atoms with Crippen LogP contribution in [0.4, 0.5) is 0 Å². The Morgan fingerprint density at radius 3 is 2.54 bits per heavy atom. The van der Waals surface area contributed by atoms with E-state index in [9.17, 15) is 0 Å². The number of ether oxygens (including phenoxy) is 2. The van der Waals surface area contributed by atoms with E-state index in [1.165, 1.54) is 12.8 Å². The molecule has 5 nitrogen and oxygen atoms in total. The summed E-state index contributed by atoms with van der Waals surface area (Å²) in [5.74, 6) is 7.90. The van der Waals surface area contributed by atoms with Crippen LogP contribution in [0.2, 0.25) is 0 Å². The second-order valence-electron chi connectivity index (χ2n) is 6.89. The smallest absolute Gasteiger partial charge is 0.185 e. The molecule has 0 heterocycles. The molecule has 1 aliphatic rings. The number of aliphatic imine (C=N–C) groups is 1. The van der Waals surface area contributed by atoms with Gasteiger partial charge < -0.3 is 20.9 Å². The molecule has 1 saturated carbocycles. The molecule has 4 N–H and O–H groups in total. The molecular formula is C23H27N3O2. The van der Waals surface area contributed by atoms with Crippen LogP contribution in [0.3, 0.4) is 0 Å². The standard InChI is InChI=1S/C23H27N3O2/c1-27-21-14-13-18(15-22(21)28-20-9-5-6-10-20)19(16-26-23(24)25)12-11-17-7-3-2-4-8-17/h2-4,7-8,13-15,19-20H,5-6,9-10,16H2,1H3,(H4,24,25,26). The first-order valence-corrected chi connectivity index (χ1v) is 9.62. The van der Waals surface area contributed by atoms with Gasteiger partial charge in [-0.2, -0.15) is 0 Å². The highest BCUT2D eigenvalue weighted by Crippen LogP contribution is 2.34. The Hall–Kier alpha value is -3.13. The van der Waals surface area contributed by atoms with Gasteiger partial charge in [-0.15, -0.1) is 0 Å². The van der Waals surface area contributed by atoms with Crippen molar-refractivity contribution < 1.29 is 9.47 Å². The number of hydrogen-bond acceptors (Lipinski definition) is 3. The maximum absolute atomic E-state index is 6.22. The molecule has 5 heteroatoms. The van der Waals surface area contributed by atoms with Crippen LogP contribution in [-0.2, 0) is 0 Å². The van der Waals surface area contributed by atoms with E-state index in [2.05, 4.69) is 16.8 Å². The first-order valence-electron chi connectivity index (χ1n) is 9.62. The number of nitrogens with two attached hydrogens (primary N) is 2. The lowest BCUT2D eigenvalue weighted by Crippen LogP contribution is -2.23. The maximum Gasteiger partial charge on any atom is 0.185 e. The predicted octanol–water partition coefficient (Wildman–Crippen LogP) is 3.43. The lowest BCUT2D eigenvalue weighted by Gasteiger charge is -2.18. The lowest BCUT2D eigenvalue weighted by atomic mass is 9.98. The Kier molecular flexibility index (Phi) is 6.80. The number of rotatable bonds is 6. The molecule has 1 unspecified atom stereocenters. The number of hydrogen-bond donors (Lipinski definition) is 2. The zero-order chi connectivity index (χ0) is 19.8. The molecule has 28 heavy (non-hydrogen) atoms. The lowest BCUT2D eigenvalue weighted by molar-refractivity contribution is 0.200. The van der Waals surface area contributed by atoms with Gasteiger partial charge in [0.05, 0.1) is 25.7 Å². The average molecular weight is 377 g/mol. The highest BCUT2D eigenvalue weighted by atomic mass is 16.5. The van der Waals surface area contributed by atoms with Crippen molar-refractivity contribution in [2.24, 2.45) is 16.5 Å². The Bertz CT molecular complexity index is 858. The molecule has 3 rings (SSSR count). The van der Waals surface area contributed by atoms with E-state index in [0.29, 0.717) is 6.54 Å². The summed E-state index contributed by atoms with van der Waals surface area (Å²) >= 11 is 0. The molecule has 0 aliphatic heterocycles. The minimum atomic E-state index is -0.154. The number of guanidine groups is 1. The molecule has 0 radical (unpaired) electrons. The Morgan fingerprint density at radius 2 is 1.86 bits per heavy atom. The van der Waals surface area contributed by atoms with Gasteiger partial charge in [0, 0.05) is 5.56 Å². The second-order valence-corrected chi connectivity index (χ2v) is 6.89. The number of benzene rings is 2. The van der Waals surface area contributed by atoms with E-state index in [-0.39, 0.29) is 18.0 Å². The molecule has 2 aromatic carbocycles. The van der Waals surface area contributed by atoms with Crippen LogP contribution in [0.5, 0.6) is 11.5 Å². The minimum Gasteiger partial charge on any atom is -0.493 e. The van der Waals surface area contributed by atoms with Crippen LogP contribution in [0.15, 0.2) is 53.5 Å². The zero-order valence-corrected chi connectivity index (χ0v) is 16.2. The van der Waals surface area contributed by atoms with Gasteiger partial charge in [-0.05, 0) is 55.5 Å². The van der Waals surface area contributed by atoms with Crippen LogP contribution < -0.4 is 20.9 Å². The van der Waals surface area contributed by atoms with Crippen LogP contribution in [0.25, 0.3) is 0 Å².